The van der Waals surface area contributed by atoms with Crippen LogP contribution >= 0.6 is 22.7 Å². The van der Waals surface area contributed by atoms with Crippen LogP contribution in [-0.2, 0) is 29.3 Å². The molecule has 5 nitrogen and oxygen atoms in total. The minimum atomic E-state index is 0. The molecule has 1 unspecified atom stereocenters. The summed E-state index contributed by atoms with van der Waals surface area (Å²) >= 11 is 3.61. The monoisotopic (exact) mass is 1100 g/mol. The summed E-state index contributed by atoms with van der Waals surface area (Å²) in [4.78, 5) is 31.3. The number of fused-ring (bicyclic) bond motifs is 4. The largest absolute Gasteiger partial charge is 2.00 e. The van der Waals surface area contributed by atoms with Crippen molar-refractivity contribution in [1.82, 2.24) is 4.98 Å². The van der Waals surface area contributed by atoms with Crippen LogP contribution in [0.4, 0.5) is 0 Å². The van der Waals surface area contributed by atoms with Gasteiger partial charge in [0.25, 0.3) is 0 Å². The van der Waals surface area contributed by atoms with Gasteiger partial charge in [-0.25, -0.2) is 15.0 Å². The number of nitrogens with zero attached hydrogens (tertiary/aromatic N) is 5. The van der Waals surface area contributed by atoms with Gasteiger partial charge in [0.2, 0.25) is 0 Å². The van der Waals surface area contributed by atoms with Crippen molar-refractivity contribution in [3.8, 4) is 57.1 Å². The van der Waals surface area contributed by atoms with E-state index in [-0.39, 0.29) is 22.5 Å². The topological polar surface area (TPSA) is 62.3 Å². The summed E-state index contributed by atoms with van der Waals surface area (Å²) in [6.45, 7) is 22.7. The first kappa shape index (κ1) is 58.8. The predicted molar refractivity (Wildman–Crippen MR) is 328 cm³/mol. The van der Waals surface area contributed by atoms with Crippen LogP contribution in [0.1, 0.15) is 205 Å². The minimum Gasteiger partial charge on any atom is -0.277 e. The Hall–Kier alpha value is -5.86. The van der Waals surface area contributed by atoms with Crippen LogP contribution in [0.25, 0.3) is 9.75 Å². The summed E-state index contributed by atoms with van der Waals surface area (Å²) in [7, 11) is 0. The molecular formula is C69H77N5NiS2+2. The standard InChI is InChI=1S/C69H77N5S2.Ni/c1-11-21-23-25-33-46-41-49(37-28-27-35-48-36-31-32-40-70-48)75-68(46)69-47(34-26-24-22-12-2)42-50(76-69)38-29-30-39-59-66-57(19-9)55(17-7)64(73-66)44-62-53(15-5)51(13-3)60(71-62)43-61-52(14-4)54(16-6)63(72-61)45-65-56(18-8)58(20-10)67(59)74-65;/h31-32,36,40-44,63H,11-26,33-34,45H2,1-10H3;/q;+2/b60-43-,64-44-,67-59-;. The molecule has 0 fully saturated rings. The van der Waals surface area contributed by atoms with E-state index >= 15 is 0 Å². The molecule has 0 spiro atoms. The number of rotatable bonds is 19. The molecule has 8 heteroatoms. The smallest absolute Gasteiger partial charge is 0.277 e. The number of aromatic nitrogens is 1. The van der Waals surface area contributed by atoms with Crippen molar-refractivity contribution in [2.24, 2.45) is 20.0 Å². The minimum absolute atomic E-state index is 0. The molecule has 5 aliphatic heterocycles. The zero-order chi connectivity index (χ0) is 53.6. The Morgan fingerprint density at radius 3 is 1.64 bits per heavy atom. The zero-order valence-corrected chi connectivity index (χ0v) is 50.1. The van der Waals surface area contributed by atoms with Crippen LogP contribution in [0, 0.1) is 47.4 Å². The molecule has 0 aromatic carbocycles. The van der Waals surface area contributed by atoms with Gasteiger partial charge in [0.05, 0.1) is 55.6 Å². The van der Waals surface area contributed by atoms with Gasteiger partial charge in [-0.15, -0.1) is 22.7 Å². The molecule has 0 aliphatic carbocycles. The summed E-state index contributed by atoms with van der Waals surface area (Å²) in [5.41, 5.74) is 22.0. The molecule has 8 bridgehead atoms. The molecule has 1 atom stereocenters. The maximum Gasteiger partial charge on any atom is 2.00 e. The van der Waals surface area contributed by atoms with Crippen molar-refractivity contribution >= 4 is 45.5 Å². The number of hydrogen-bond donors (Lipinski definition) is 0. The Balaban J connectivity index is 0.00000861. The van der Waals surface area contributed by atoms with Gasteiger partial charge in [-0.2, -0.15) is 0 Å². The summed E-state index contributed by atoms with van der Waals surface area (Å²) < 4.78 is 0. The molecule has 0 saturated carbocycles. The second kappa shape index (κ2) is 28.7. The van der Waals surface area contributed by atoms with E-state index in [1.807, 2.05) is 29.5 Å². The van der Waals surface area contributed by atoms with Gasteiger partial charge in [0, 0.05) is 28.1 Å². The average Bonchev–Trinajstić information content (AvgIpc) is 4.32. The Kier molecular flexibility index (Phi) is 21.9. The molecule has 0 saturated heterocycles. The molecule has 8 rings (SSSR count). The van der Waals surface area contributed by atoms with Gasteiger partial charge in [-0.05, 0) is 217 Å². The molecule has 8 heterocycles. The maximum atomic E-state index is 5.67. The van der Waals surface area contributed by atoms with Crippen LogP contribution in [-0.4, -0.2) is 33.9 Å². The Morgan fingerprint density at radius 2 is 1.08 bits per heavy atom. The molecule has 3 aromatic rings. The van der Waals surface area contributed by atoms with Crippen molar-refractivity contribution < 1.29 is 16.5 Å². The molecule has 0 amide bonds. The number of aryl methyl sites for hydroxylation is 2. The summed E-state index contributed by atoms with van der Waals surface area (Å²) in [6.07, 6.45) is 25.9. The van der Waals surface area contributed by atoms with E-state index < -0.39 is 0 Å². The molecular weight excluding hydrogens is 1020 g/mol. The second-order valence-electron chi connectivity index (χ2n) is 20.0. The van der Waals surface area contributed by atoms with Gasteiger partial charge in [0.1, 0.15) is 5.69 Å². The second-order valence-corrected chi connectivity index (χ2v) is 22.1. The quantitative estimate of drug-likeness (QED) is 0.0670. The number of allylic oxidation sites excluding steroid dienone is 10. The van der Waals surface area contributed by atoms with Crippen LogP contribution < -0.4 is 0 Å². The van der Waals surface area contributed by atoms with Crippen molar-refractivity contribution in [3.63, 3.8) is 0 Å². The molecule has 77 heavy (non-hydrogen) atoms. The van der Waals surface area contributed by atoms with E-state index in [1.165, 1.54) is 104 Å². The van der Waals surface area contributed by atoms with E-state index in [0.29, 0.717) is 0 Å². The van der Waals surface area contributed by atoms with E-state index in [9.17, 15) is 0 Å². The Bertz CT molecular complexity index is 3350. The molecule has 398 valence electrons. The van der Waals surface area contributed by atoms with Crippen molar-refractivity contribution in [2.75, 3.05) is 0 Å². The number of aliphatic imine (C=N–C) groups is 4. The molecule has 3 aromatic heterocycles. The number of thiophene rings is 2. The predicted octanol–water partition coefficient (Wildman–Crippen LogP) is 18.0. The first-order valence-corrected chi connectivity index (χ1v) is 30.5. The van der Waals surface area contributed by atoms with E-state index in [0.717, 1.165) is 144 Å². The van der Waals surface area contributed by atoms with Crippen molar-refractivity contribution in [2.45, 2.75) is 197 Å². The maximum absolute atomic E-state index is 5.67. The van der Waals surface area contributed by atoms with Crippen molar-refractivity contribution in [1.29, 1.82) is 0 Å². The van der Waals surface area contributed by atoms with E-state index in [4.69, 9.17) is 20.0 Å². The van der Waals surface area contributed by atoms with Crippen LogP contribution in [0.15, 0.2) is 136 Å². The van der Waals surface area contributed by atoms with E-state index in [1.54, 1.807) is 17.5 Å². The van der Waals surface area contributed by atoms with Gasteiger partial charge in [-0.3, -0.25) is 9.98 Å². The fourth-order valence-electron chi connectivity index (χ4n) is 11.6. The Morgan fingerprint density at radius 1 is 0.519 bits per heavy atom. The SMILES string of the molecule is CCCCCCc1cc(C#CC#C/C2=C3/N=C(CC4N=C(/C=C5N=C(/C=C6N=C2C(CC)=C\6CC)C(CC)=C\5CC)C(CC)=C4CC)C(CC)=C3CC)sc1-c1sc(C#CC#Cc2ccccn2)cc1CCCCCC.[Ni+2]. The average molecular weight is 1100 g/mol. The van der Waals surface area contributed by atoms with Crippen LogP contribution in [0.3, 0.4) is 0 Å². The third-order valence-corrected chi connectivity index (χ3v) is 17.6. The fraction of sp³-hybridized carbons (Fsp3) is 0.435. The first-order valence-electron chi connectivity index (χ1n) is 28.9. The third kappa shape index (κ3) is 13.4. The fourth-order valence-corrected chi connectivity index (χ4v) is 13.9. The number of pyridine rings is 1. The van der Waals surface area contributed by atoms with Crippen LogP contribution in [0.2, 0.25) is 0 Å². The van der Waals surface area contributed by atoms with Gasteiger partial charge < -0.3 is 0 Å². The molecule has 0 N–H and O–H groups in total. The van der Waals surface area contributed by atoms with E-state index in [2.05, 4.69) is 146 Å². The number of unbranched alkanes of at least 4 members (excludes halogenated alkanes) is 6. The Labute approximate surface area is 480 Å². The van der Waals surface area contributed by atoms with Gasteiger partial charge in [-0.1, -0.05) is 114 Å². The molecule has 5 aliphatic rings. The summed E-state index contributed by atoms with van der Waals surface area (Å²) in [5.74, 6) is 26.8. The summed E-state index contributed by atoms with van der Waals surface area (Å²) in [5, 5.41) is 0. The first-order chi connectivity index (χ1) is 37.3. The van der Waals surface area contributed by atoms with Crippen LogP contribution in [0.5, 0.6) is 0 Å². The van der Waals surface area contributed by atoms with Gasteiger partial charge >= 0.3 is 16.5 Å². The molecule has 0 radical (unpaired) electrons. The normalized spacial score (nSPS) is 18.9. The third-order valence-electron chi connectivity index (χ3n) is 15.3. The number of hydrogen-bond acceptors (Lipinski definition) is 7. The zero-order valence-electron chi connectivity index (χ0n) is 47.5. The van der Waals surface area contributed by atoms with Gasteiger partial charge in [0.15, 0.2) is 0 Å². The van der Waals surface area contributed by atoms with Crippen molar-refractivity contribution in [3.05, 3.63) is 143 Å². The summed E-state index contributed by atoms with van der Waals surface area (Å²) in [6, 6.07) is 10.5.